The van der Waals surface area contributed by atoms with Crippen molar-refractivity contribution in [2.24, 2.45) is 0 Å². The molecule has 1 unspecified atom stereocenters. The van der Waals surface area contributed by atoms with Crippen LogP contribution >= 0.6 is 0 Å². The Kier molecular flexibility index (Phi) is 53.9. The minimum atomic E-state index is -0.825. The Morgan fingerprint density at radius 1 is 0.304 bits per heavy atom. The molecule has 6 heteroatoms. The summed E-state index contributed by atoms with van der Waals surface area (Å²) in [6.07, 6.45) is 75.4. The Bertz CT molecular complexity index is 1380. The van der Waals surface area contributed by atoms with Gasteiger partial charge >= 0.3 is 17.9 Å². The minimum Gasteiger partial charge on any atom is -0.462 e. The van der Waals surface area contributed by atoms with Crippen molar-refractivity contribution in [2.75, 3.05) is 13.2 Å². The number of hydrogen-bond acceptors (Lipinski definition) is 6. The number of esters is 3. The van der Waals surface area contributed by atoms with Gasteiger partial charge in [-0.1, -0.05) is 240 Å². The zero-order valence-electron chi connectivity index (χ0n) is 45.0. The Labute approximate surface area is 426 Å². The third-order valence-corrected chi connectivity index (χ3v) is 12.1. The summed E-state index contributed by atoms with van der Waals surface area (Å²) >= 11 is 0. The molecule has 0 aliphatic carbocycles. The van der Waals surface area contributed by atoms with Crippen LogP contribution in [0.25, 0.3) is 0 Å². The van der Waals surface area contributed by atoms with Gasteiger partial charge in [-0.3, -0.25) is 14.4 Å². The van der Waals surface area contributed by atoms with Gasteiger partial charge in [0.05, 0.1) is 0 Å². The highest BCUT2D eigenvalue weighted by atomic mass is 16.6. The number of allylic oxidation sites excluding steroid dienone is 16. The zero-order valence-corrected chi connectivity index (χ0v) is 45.0. The van der Waals surface area contributed by atoms with Crippen molar-refractivity contribution in [1.29, 1.82) is 0 Å². The standard InChI is InChI=1S/C63H106O6/c1-4-7-10-13-16-19-22-25-28-31-33-35-38-41-44-47-50-53-56-62(65)68-59-60(58-67-61(64)55-52-49-46-43-40-37-34-30-27-24-21-18-15-12-9-6-3)69-63(66)57-54-51-48-45-42-39-36-32-29-26-23-20-17-14-11-8-5-2/h22,25-26,28-31,33-37,39-40,45,48,60H,4-21,23-24,27,32,38,41-44,46-47,49-59H2,1-3H3/b25-22-,29-26-,31-28-,34-30-,35-33-,39-36-,40-37-,48-45-. The highest BCUT2D eigenvalue weighted by molar-refractivity contribution is 5.71. The maximum atomic E-state index is 12.8. The van der Waals surface area contributed by atoms with E-state index in [0.29, 0.717) is 19.3 Å². The zero-order chi connectivity index (χ0) is 50.0. The Hall–Kier alpha value is -3.67. The van der Waals surface area contributed by atoms with E-state index in [9.17, 15) is 14.4 Å². The molecule has 0 spiro atoms. The molecule has 0 bridgehead atoms. The number of carbonyl (C=O) groups is 3. The molecule has 0 fully saturated rings. The molecule has 0 aliphatic rings. The van der Waals surface area contributed by atoms with E-state index in [2.05, 4.69) is 118 Å². The van der Waals surface area contributed by atoms with Crippen molar-refractivity contribution < 1.29 is 28.6 Å². The van der Waals surface area contributed by atoms with E-state index in [1.807, 2.05) is 0 Å². The van der Waals surface area contributed by atoms with Crippen LogP contribution in [0, 0.1) is 0 Å². The van der Waals surface area contributed by atoms with E-state index < -0.39 is 6.10 Å². The SMILES string of the molecule is CCCCCCC\C=C/C=C\C=C/CCCCCCCC(=O)OCC(COC(=O)CCCCC/C=C\C=C/CCCCCCCCC)OC(=O)CCC/C=C\C/C=C\C/C=C\CCCCCCCC. The van der Waals surface area contributed by atoms with Crippen LogP contribution in [0.2, 0.25) is 0 Å². The van der Waals surface area contributed by atoms with Crippen LogP contribution in [0.1, 0.15) is 265 Å². The van der Waals surface area contributed by atoms with E-state index in [-0.39, 0.29) is 37.5 Å². The molecule has 0 N–H and O–H groups in total. The Morgan fingerprint density at radius 3 is 1.00 bits per heavy atom. The normalized spacial score (nSPS) is 12.8. The van der Waals surface area contributed by atoms with Gasteiger partial charge in [0, 0.05) is 19.3 Å². The molecule has 0 rings (SSSR count). The van der Waals surface area contributed by atoms with Crippen molar-refractivity contribution in [3.05, 3.63) is 97.2 Å². The molecule has 0 heterocycles. The summed E-state index contributed by atoms with van der Waals surface area (Å²) in [5.74, 6) is -1.01. The van der Waals surface area contributed by atoms with Gasteiger partial charge in [-0.05, 0) is 103 Å². The highest BCUT2D eigenvalue weighted by Crippen LogP contribution is 2.13. The molecule has 0 radical (unpaired) electrons. The van der Waals surface area contributed by atoms with Gasteiger partial charge in [-0.2, -0.15) is 0 Å². The summed E-state index contributed by atoms with van der Waals surface area (Å²) in [5, 5.41) is 0. The lowest BCUT2D eigenvalue weighted by Gasteiger charge is -2.18. The molecule has 6 nitrogen and oxygen atoms in total. The average molecular weight is 960 g/mol. The van der Waals surface area contributed by atoms with Gasteiger partial charge in [0.15, 0.2) is 6.10 Å². The predicted octanol–water partition coefficient (Wildman–Crippen LogP) is 19.3. The van der Waals surface area contributed by atoms with E-state index in [1.165, 1.54) is 122 Å². The molecule has 0 saturated carbocycles. The number of ether oxygens (including phenoxy) is 3. The summed E-state index contributed by atoms with van der Waals surface area (Å²) in [7, 11) is 0. The van der Waals surface area contributed by atoms with Gasteiger partial charge in [0.2, 0.25) is 0 Å². The summed E-state index contributed by atoms with van der Waals surface area (Å²) in [4.78, 5) is 38.1. The van der Waals surface area contributed by atoms with Crippen molar-refractivity contribution >= 4 is 17.9 Å². The predicted molar refractivity (Wildman–Crippen MR) is 297 cm³/mol. The Balaban J connectivity index is 4.55. The minimum absolute atomic E-state index is 0.117. The lowest BCUT2D eigenvalue weighted by Crippen LogP contribution is -2.30. The van der Waals surface area contributed by atoms with E-state index in [0.717, 1.165) is 96.3 Å². The lowest BCUT2D eigenvalue weighted by atomic mass is 10.1. The van der Waals surface area contributed by atoms with Crippen LogP contribution in [-0.2, 0) is 28.6 Å². The van der Waals surface area contributed by atoms with Crippen LogP contribution in [0.4, 0.5) is 0 Å². The number of hydrogen-bond donors (Lipinski definition) is 0. The van der Waals surface area contributed by atoms with Crippen LogP contribution in [0.15, 0.2) is 97.2 Å². The highest BCUT2D eigenvalue weighted by Gasteiger charge is 2.19. The molecule has 0 amide bonds. The molecule has 394 valence electrons. The van der Waals surface area contributed by atoms with Gasteiger partial charge in [-0.15, -0.1) is 0 Å². The van der Waals surface area contributed by atoms with Gasteiger partial charge < -0.3 is 14.2 Å². The Morgan fingerprint density at radius 2 is 0.594 bits per heavy atom. The first-order chi connectivity index (χ1) is 34.0. The van der Waals surface area contributed by atoms with Gasteiger partial charge in [0.1, 0.15) is 13.2 Å². The first-order valence-electron chi connectivity index (χ1n) is 28.8. The van der Waals surface area contributed by atoms with E-state index in [1.54, 1.807) is 0 Å². The third-order valence-electron chi connectivity index (χ3n) is 12.1. The molecular formula is C63H106O6. The maximum absolute atomic E-state index is 12.8. The fourth-order valence-electron chi connectivity index (χ4n) is 7.74. The second-order valence-corrected chi connectivity index (χ2v) is 18.9. The molecule has 1 atom stereocenters. The molecule has 0 saturated heterocycles. The molecular weight excluding hydrogens is 853 g/mol. The molecule has 0 aromatic carbocycles. The van der Waals surface area contributed by atoms with Crippen LogP contribution in [-0.4, -0.2) is 37.2 Å². The first kappa shape index (κ1) is 65.3. The van der Waals surface area contributed by atoms with Crippen LogP contribution < -0.4 is 0 Å². The quantitative estimate of drug-likeness (QED) is 0.0199. The van der Waals surface area contributed by atoms with Crippen LogP contribution in [0.5, 0.6) is 0 Å². The smallest absolute Gasteiger partial charge is 0.306 e. The second kappa shape index (κ2) is 56.9. The third kappa shape index (κ3) is 55.1. The number of rotatable bonds is 51. The van der Waals surface area contributed by atoms with Crippen molar-refractivity contribution in [3.63, 3.8) is 0 Å². The fraction of sp³-hybridized carbons (Fsp3) is 0.698. The van der Waals surface area contributed by atoms with Crippen molar-refractivity contribution in [1.82, 2.24) is 0 Å². The largest absolute Gasteiger partial charge is 0.462 e. The van der Waals surface area contributed by atoms with Gasteiger partial charge in [-0.25, -0.2) is 0 Å². The topological polar surface area (TPSA) is 78.9 Å². The number of unbranched alkanes of at least 4 members (excludes halogenated alkanes) is 27. The van der Waals surface area contributed by atoms with Gasteiger partial charge in [0.25, 0.3) is 0 Å². The molecule has 0 aromatic rings. The fourth-order valence-corrected chi connectivity index (χ4v) is 7.74. The molecule has 0 aromatic heterocycles. The van der Waals surface area contributed by atoms with Crippen molar-refractivity contribution in [2.45, 2.75) is 271 Å². The van der Waals surface area contributed by atoms with Crippen molar-refractivity contribution in [3.8, 4) is 0 Å². The summed E-state index contributed by atoms with van der Waals surface area (Å²) in [6, 6.07) is 0. The molecule has 0 aliphatic heterocycles. The van der Waals surface area contributed by atoms with E-state index >= 15 is 0 Å². The summed E-state index contributed by atoms with van der Waals surface area (Å²) in [5.41, 5.74) is 0. The maximum Gasteiger partial charge on any atom is 0.306 e. The first-order valence-corrected chi connectivity index (χ1v) is 28.8. The molecule has 69 heavy (non-hydrogen) atoms. The lowest BCUT2D eigenvalue weighted by molar-refractivity contribution is -0.167. The van der Waals surface area contributed by atoms with Crippen LogP contribution in [0.3, 0.4) is 0 Å². The monoisotopic (exact) mass is 959 g/mol. The number of carbonyl (C=O) groups excluding carboxylic acids is 3. The summed E-state index contributed by atoms with van der Waals surface area (Å²) in [6.45, 7) is 6.53. The van der Waals surface area contributed by atoms with E-state index in [4.69, 9.17) is 14.2 Å². The average Bonchev–Trinajstić information content (AvgIpc) is 3.35. The second-order valence-electron chi connectivity index (χ2n) is 18.9. The summed E-state index contributed by atoms with van der Waals surface area (Å²) < 4.78 is 16.8.